The minimum absolute atomic E-state index is 0.00971. The van der Waals surface area contributed by atoms with Gasteiger partial charge in [0.1, 0.15) is 47.5 Å². The Morgan fingerprint density at radius 3 is 1.32 bits per heavy atom. The lowest BCUT2D eigenvalue weighted by Gasteiger charge is -2.10. The molecule has 18 nitrogen and oxygen atoms in total. The molecule has 434 valence electrons. The summed E-state index contributed by atoms with van der Waals surface area (Å²) in [4.78, 5) is 71.2. The van der Waals surface area contributed by atoms with Crippen LogP contribution in [0.15, 0.2) is 188 Å². The molecule has 0 heterocycles. The molecular formula is C66H65N3O15. The van der Waals surface area contributed by atoms with Crippen LogP contribution in [0.25, 0.3) is 11.1 Å². The van der Waals surface area contributed by atoms with Gasteiger partial charge in [-0.1, -0.05) is 44.0 Å². The Hall–Kier alpha value is -10.4. The van der Waals surface area contributed by atoms with Crippen molar-refractivity contribution in [1.82, 2.24) is 0 Å². The number of esters is 6. The first-order valence-electron chi connectivity index (χ1n) is 26.8. The van der Waals surface area contributed by atoms with Crippen molar-refractivity contribution in [3.05, 3.63) is 211 Å². The molecule has 0 saturated heterocycles. The van der Waals surface area contributed by atoms with E-state index in [4.69, 9.17) is 47.9 Å². The molecule has 6 aromatic rings. The summed E-state index contributed by atoms with van der Waals surface area (Å²) in [5.41, 5.74) is 4.54. The highest BCUT2D eigenvalue weighted by molar-refractivity contribution is 5.98. The number of nitriles is 1. The molecule has 18 heteroatoms. The molecule has 0 unspecified atom stereocenters. The van der Waals surface area contributed by atoms with Crippen LogP contribution in [0.4, 0.5) is 0 Å². The van der Waals surface area contributed by atoms with E-state index in [0.29, 0.717) is 71.7 Å². The fourth-order valence-electron chi connectivity index (χ4n) is 7.31. The molecule has 0 atom stereocenters. The van der Waals surface area contributed by atoms with E-state index in [9.17, 15) is 28.8 Å². The van der Waals surface area contributed by atoms with Gasteiger partial charge in [-0.3, -0.25) is 0 Å². The summed E-state index contributed by atoms with van der Waals surface area (Å²) in [6.45, 7) is 12.3. The van der Waals surface area contributed by atoms with Gasteiger partial charge in [0.05, 0.1) is 68.7 Å². The van der Waals surface area contributed by atoms with Gasteiger partial charge in [0.15, 0.2) is 0 Å². The van der Waals surface area contributed by atoms with Crippen LogP contribution >= 0.6 is 0 Å². The normalized spacial score (nSPS) is 10.5. The summed E-state index contributed by atoms with van der Waals surface area (Å²) < 4.78 is 47.7. The van der Waals surface area contributed by atoms with Crippen molar-refractivity contribution in [2.45, 2.75) is 51.4 Å². The largest absolute Gasteiger partial charge is 0.494 e. The van der Waals surface area contributed by atoms with E-state index >= 15 is 0 Å². The Bertz CT molecular complexity index is 3220. The maximum Gasteiger partial charge on any atom is 0.343 e. The highest BCUT2D eigenvalue weighted by Gasteiger charge is 2.18. The minimum atomic E-state index is -0.707. The monoisotopic (exact) mass is 1140 g/mol. The molecule has 0 aliphatic heterocycles. The molecule has 0 aliphatic carbocycles. The topological polar surface area (TPSA) is 234 Å². The van der Waals surface area contributed by atoms with Crippen LogP contribution in [0.1, 0.15) is 99.1 Å². The summed E-state index contributed by atoms with van der Waals surface area (Å²) in [7, 11) is 1.22. The predicted molar refractivity (Wildman–Crippen MR) is 316 cm³/mol. The van der Waals surface area contributed by atoms with E-state index in [1.165, 1.54) is 31.7 Å². The van der Waals surface area contributed by atoms with Gasteiger partial charge in [0.2, 0.25) is 0 Å². The Kier molecular flexibility index (Phi) is 28.2. The van der Waals surface area contributed by atoms with Crippen molar-refractivity contribution in [1.29, 1.82) is 5.26 Å². The maximum absolute atomic E-state index is 13.0. The molecule has 0 saturated carbocycles. The van der Waals surface area contributed by atoms with Gasteiger partial charge in [-0.05, 0) is 189 Å². The molecule has 6 rings (SSSR count). The quantitative estimate of drug-likeness (QED) is 0.00726. The third kappa shape index (κ3) is 23.7. The van der Waals surface area contributed by atoms with Crippen LogP contribution in [0.2, 0.25) is 0 Å². The molecule has 0 aliphatic rings. The molecule has 0 N–H and O–H groups in total. The van der Waals surface area contributed by atoms with Crippen LogP contribution in [0.5, 0.6) is 28.7 Å². The Morgan fingerprint density at radius 1 is 0.440 bits per heavy atom. The second-order valence-corrected chi connectivity index (χ2v) is 17.8. The van der Waals surface area contributed by atoms with E-state index in [-0.39, 0.29) is 30.1 Å². The number of carbonyl (C=O) groups excluding carboxylic acids is 6. The van der Waals surface area contributed by atoms with Gasteiger partial charge in [-0.25, -0.2) is 28.8 Å². The molecule has 84 heavy (non-hydrogen) atoms. The first-order valence-corrected chi connectivity index (χ1v) is 26.8. The fourth-order valence-corrected chi connectivity index (χ4v) is 7.31. The average molecular weight is 1140 g/mol. The predicted octanol–water partition coefficient (Wildman–Crippen LogP) is 12.0. The molecule has 0 amide bonds. The van der Waals surface area contributed by atoms with E-state index in [1.807, 2.05) is 36.4 Å². The van der Waals surface area contributed by atoms with Crippen molar-refractivity contribution in [3.8, 4) is 45.9 Å². The van der Waals surface area contributed by atoms with E-state index in [2.05, 4.69) is 36.0 Å². The smallest absolute Gasteiger partial charge is 0.343 e. The first-order chi connectivity index (χ1) is 40.9. The first kappa shape index (κ1) is 64.4. The van der Waals surface area contributed by atoms with Crippen LogP contribution in [-0.4, -0.2) is 95.0 Å². The van der Waals surface area contributed by atoms with Crippen molar-refractivity contribution in [2.24, 2.45) is 10.2 Å². The lowest BCUT2D eigenvalue weighted by Crippen LogP contribution is -2.12. The summed E-state index contributed by atoms with van der Waals surface area (Å²) in [5, 5.41) is 16.9. The van der Waals surface area contributed by atoms with Gasteiger partial charge >= 0.3 is 35.8 Å². The van der Waals surface area contributed by atoms with Gasteiger partial charge in [-0.2, -0.15) is 15.5 Å². The van der Waals surface area contributed by atoms with Gasteiger partial charge in [0.25, 0.3) is 0 Å². The number of methoxy groups -OCH3 is 1. The van der Waals surface area contributed by atoms with Gasteiger partial charge < -0.3 is 42.6 Å². The maximum atomic E-state index is 13.0. The van der Waals surface area contributed by atoms with Crippen molar-refractivity contribution in [2.75, 3.05) is 46.8 Å². The van der Waals surface area contributed by atoms with Gasteiger partial charge in [-0.15, -0.1) is 0 Å². The fraction of sp³-hybridized carbons (Fsp3) is 0.227. The molecule has 0 spiro atoms. The van der Waals surface area contributed by atoms with Crippen LogP contribution in [-0.2, 0) is 33.3 Å². The molecule has 0 bridgehead atoms. The highest BCUT2D eigenvalue weighted by Crippen LogP contribution is 2.25. The number of nitrogens with zero attached hydrogens (tertiary/aromatic N) is 3. The molecule has 0 aromatic heterocycles. The second-order valence-electron chi connectivity index (χ2n) is 17.8. The van der Waals surface area contributed by atoms with E-state index in [0.717, 1.165) is 80.7 Å². The van der Waals surface area contributed by atoms with Crippen LogP contribution < -0.4 is 23.7 Å². The summed E-state index contributed by atoms with van der Waals surface area (Å²) in [5.74, 6) is -0.903. The van der Waals surface area contributed by atoms with Gasteiger partial charge in [0, 0.05) is 18.2 Å². The number of carbonyl (C=O) groups is 6. The number of rotatable bonds is 32. The highest BCUT2D eigenvalue weighted by atomic mass is 16.6. The standard InChI is InChI=1S/C48H50N2O12.C18H15NO3/c1-4-44(51)59-30-12-8-6-10-28-57-39-23-17-37(18-24-39)46(53)61-41-21-14-35(15-22-41)33-49-50-34-36-16-27-43(42(32-36)48(55)56-3)62-47(54)38-19-25-40(26-20-38)58-29-11-7-9-13-31-60-45(52)5-2;1-2-18(20)22-12-11-21-17-9-7-16(8-10-17)15-5-3-14(13-19)4-6-15/h4-5,14-27,32-34H,1-2,6-13,28-31H2,3H3;2-10H,1,11-12H2/b49-33+,50-34+;. The molecular weight excluding hydrogens is 1070 g/mol. The van der Waals surface area contributed by atoms with Crippen molar-refractivity contribution >= 4 is 48.2 Å². The van der Waals surface area contributed by atoms with E-state index in [1.54, 1.807) is 91.0 Å². The lowest BCUT2D eigenvalue weighted by molar-refractivity contribution is -0.139. The minimum Gasteiger partial charge on any atom is -0.494 e. The zero-order valence-electron chi connectivity index (χ0n) is 46.7. The SMILES string of the molecule is C=CC(=O)OCCCCCCOc1ccc(C(=O)Oc2ccc(/C=N/N=C/c3ccc(OC(=O)c4ccc(OCCCCCCOC(=O)C=C)cc4)c(C(=O)OC)c3)cc2)cc1.C=CC(=O)OCCOc1ccc(-c2ccc(C#N)cc2)cc1. The third-order valence-electron chi connectivity index (χ3n) is 11.8. The summed E-state index contributed by atoms with van der Waals surface area (Å²) in [6, 6.07) is 41.5. The zero-order chi connectivity index (χ0) is 60.2. The molecule has 0 radical (unpaired) electrons. The van der Waals surface area contributed by atoms with Crippen molar-refractivity contribution in [3.63, 3.8) is 0 Å². The number of benzene rings is 6. The summed E-state index contributed by atoms with van der Waals surface area (Å²) in [6.07, 6.45) is 13.2. The van der Waals surface area contributed by atoms with Crippen LogP contribution in [0, 0.1) is 11.3 Å². The number of ether oxygens (including phenoxy) is 9. The zero-order valence-corrected chi connectivity index (χ0v) is 46.7. The Labute approximate surface area is 488 Å². The average Bonchev–Trinajstić information content (AvgIpc) is 3.72. The Morgan fingerprint density at radius 2 is 0.845 bits per heavy atom. The lowest BCUT2D eigenvalue weighted by atomic mass is 10.0. The van der Waals surface area contributed by atoms with E-state index < -0.39 is 35.8 Å². The second kappa shape index (κ2) is 36.8. The molecule has 0 fully saturated rings. The number of hydrogen-bond acceptors (Lipinski definition) is 18. The summed E-state index contributed by atoms with van der Waals surface area (Å²) >= 11 is 0. The number of unbranched alkanes of at least 4 members (excludes halogenated alkanes) is 6. The van der Waals surface area contributed by atoms with Crippen molar-refractivity contribution < 1.29 is 71.4 Å². The number of hydrogen-bond donors (Lipinski definition) is 0. The van der Waals surface area contributed by atoms with Crippen LogP contribution in [0.3, 0.4) is 0 Å². The Balaban J connectivity index is 0.000000488. The molecule has 6 aromatic carbocycles. The third-order valence-corrected chi connectivity index (χ3v) is 11.8.